The van der Waals surface area contributed by atoms with E-state index in [0.717, 1.165) is 22.3 Å². The summed E-state index contributed by atoms with van der Waals surface area (Å²) in [6, 6.07) is 13.0. The predicted octanol–water partition coefficient (Wildman–Crippen LogP) is 4.57. The van der Waals surface area contributed by atoms with E-state index >= 15 is 0 Å². The number of anilines is 1. The van der Waals surface area contributed by atoms with Crippen LogP contribution >= 0.6 is 0 Å². The molecule has 1 unspecified atom stereocenters. The molecule has 1 saturated heterocycles. The minimum atomic E-state index is -1.10. The normalized spacial score (nSPS) is 16.4. The lowest BCUT2D eigenvalue weighted by molar-refractivity contribution is -0.139. The summed E-state index contributed by atoms with van der Waals surface area (Å²) in [7, 11) is 0. The number of hydrogen-bond donors (Lipinski definition) is 2. The third-order valence-electron chi connectivity index (χ3n) is 6.34. The van der Waals surface area contributed by atoms with E-state index in [2.05, 4.69) is 4.98 Å². The van der Waals surface area contributed by atoms with Gasteiger partial charge in [0.1, 0.15) is 11.8 Å². The summed E-state index contributed by atoms with van der Waals surface area (Å²) >= 11 is 0. The molecule has 4 rings (SSSR count). The van der Waals surface area contributed by atoms with Gasteiger partial charge in [-0.2, -0.15) is 4.98 Å². The Balaban J connectivity index is 1.67. The number of aromatic nitrogens is 1. The van der Waals surface area contributed by atoms with E-state index in [1.54, 1.807) is 12.1 Å². The van der Waals surface area contributed by atoms with Crippen LogP contribution in [-0.4, -0.2) is 52.7 Å². The van der Waals surface area contributed by atoms with Crippen molar-refractivity contribution in [1.82, 2.24) is 9.88 Å². The number of ether oxygens (including phenoxy) is 1. The molecular weight excluding hydrogens is 466 g/mol. The first-order valence-corrected chi connectivity index (χ1v) is 11.8. The zero-order valence-electron chi connectivity index (χ0n) is 20.5. The molecule has 0 saturated carbocycles. The number of carboxylic acids is 1. The number of halogens is 2. The zero-order valence-corrected chi connectivity index (χ0v) is 20.5. The summed E-state index contributed by atoms with van der Waals surface area (Å²) in [5.74, 6) is -3.35. The summed E-state index contributed by atoms with van der Waals surface area (Å²) in [6.07, 6.45) is 0. The Morgan fingerprint density at radius 3 is 2.61 bits per heavy atom. The second kappa shape index (κ2) is 10.6. The quantitative estimate of drug-likeness (QED) is 0.495. The van der Waals surface area contributed by atoms with Crippen molar-refractivity contribution in [3.8, 4) is 22.8 Å². The Labute approximate surface area is 209 Å². The van der Waals surface area contributed by atoms with Crippen molar-refractivity contribution in [1.29, 1.82) is 0 Å². The standard InChI is InChI=1S/C27H30F2N4O3/c1-16(2)32-7-8-33(24(15-32)27(34)35)25-22(28)13-23(29)26(31-25)36-21-10-17(3)9-20(12-21)19-6-4-5-18(11-19)14-30/h4-6,9-13,16,24H,7-8,14-15,30H2,1-3H3,(H,34,35). The van der Waals surface area contributed by atoms with Gasteiger partial charge in [-0.05, 0) is 61.2 Å². The lowest BCUT2D eigenvalue weighted by atomic mass is 10.0. The van der Waals surface area contributed by atoms with Crippen LogP contribution in [0.1, 0.15) is 25.0 Å². The molecule has 1 aliphatic heterocycles. The number of aryl methyl sites for hydroxylation is 1. The molecular formula is C27H30F2N4O3. The van der Waals surface area contributed by atoms with Gasteiger partial charge >= 0.3 is 5.97 Å². The number of carbonyl (C=O) groups is 1. The zero-order chi connectivity index (χ0) is 26.0. The fourth-order valence-electron chi connectivity index (χ4n) is 4.41. The third kappa shape index (κ3) is 5.47. The van der Waals surface area contributed by atoms with Crippen LogP contribution in [0.2, 0.25) is 0 Å². The first kappa shape index (κ1) is 25.5. The van der Waals surface area contributed by atoms with Crippen LogP contribution in [0.4, 0.5) is 14.6 Å². The third-order valence-corrected chi connectivity index (χ3v) is 6.34. The molecule has 0 bridgehead atoms. The number of pyridine rings is 1. The van der Waals surface area contributed by atoms with Crippen molar-refractivity contribution in [3.63, 3.8) is 0 Å². The van der Waals surface area contributed by atoms with E-state index < -0.39 is 29.5 Å². The Bertz CT molecular complexity index is 1270. The van der Waals surface area contributed by atoms with Crippen LogP contribution in [0.3, 0.4) is 0 Å². The highest BCUT2D eigenvalue weighted by molar-refractivity contribution is 5.78. The van der Waals surface area contributed by atoms with Crippen molar-refractivity contribution in [2.45, 2.75) is 39.4 Å². The Morgan fingerprint density at radius 2 is 1.92 bits per heavy atom. The van der Waals surface area contributed by atoms with Crippen LogP contribution in [0, 0.1) is 18.6 Å². The maximum Gasteiger partial charge on any atom is 0.327 e. The summed E-state index contributed by atoms with van der Waals surface area (Å²) in [6.45, 7) is 7.19. The molecule has 1 atom stereocenters. The fraction of sp³-hybridized carbons (Fsp3) is 0.333. The van der Waals surface area contributed by atoms with E-state index in [9.17, 15) is 18.7 Å². The molecule has 1 aromatic heterocycles. The molecule has 7 nitrogen and oxygen atoms in total. The summed E-state index contributed by atoms with van der Waals surface area (Å²) in [5.41, 5.74) is 9.38. The summed E-state index contributed by atoms with van der Waals surface area (Å²) in [4.78, 5) is 19.5. The predicted molar refractivity (Wildman–Crippen MR) is 134 cm³/mol. The molecule has 0 radical (unpaired) electrons. The number of carboxylic acid groups (broad SMARTS) is 1. The summed E-state index contributed by atoms with van der Waals surface area (Å²) in [5, 5.41) is 9.79. The topological polar surface area (TPSA) is 91.9 Å². The van der Waals surface area contributed by atoms with Crippen molar-refractivity contribution in [2.75, 3.05) is 24.5 Å². The van der Waals surface area contributed by atoms with Gasteiger partial charge in [0, 0.05) is 38.3 Å². The van der Waals surface area contributed by atoms with Gasteiger partial charge in [-0.3, -0.25) is 4.90 Å². The van der Waals surface area contributed by atoms with Crippen LogP contribution in [-0.2, 0) is 11.3 Å². The van der Waals surface area contributed by atoms with Gasteiger partial charge in [-0.25, -0.2) is 13.6 Å². The number of aliphatic carboxylic acids is 1. The first-order chi connectivity index (χ1) is 17.2. The average Bonchev–Trinajstić information content (AvgIpc) is 2.85. The molecule has 1 fully saturated rings. The van der Waals surface area contributed by atoms with Crippen LogP contribution in [0.5, 0.6) is 11.6 Å². The second-order valence-electron chi connectivity index (χ2n) is 9.26. The van der Waals surface area contributed by atoms with E-state index in [4.69, 9.17) is 10.5 Å². The maximum absolute atomic E-state index is 14.9. The Hall–Kier alpha value is -3.56. The molecule has 0 amide bonds. The number of nitrogens with zero attached hydrogens (tertiary/aromatic N) is 3. The number of piperazine rings is 1. The van der Waals surface area contributed by atoms with Crippen molar-refractivity contribution >= 4 is 11.8 Å². The minimum absolute atomic E-state index is 0.139. The van der Waals surface area contributed by atoms with Crippen molar-refractivity contribution in [2.24, 2.45) is 5.73 Å². The van der Waals surface area contributed by atoms with Gasteiger partial charge in [-0.1, -0.05) is 24.3 Å². The molecule has 0 spiro atoms. The smallest absolute Gasteiger partial charge is 0.327 e. The number of rotatable bonds is 7. The van der Waals surface area contributed by atoms with Crippen molar-refractivity contribution < 1.29 is 23.4 Å². The second-order valence-corrected chi connectivity index (χ2v) is 9.26. The molecule has 3 N–H and O–H groups in total. The first-order valence-electron chi connectivity index (χ1n) is 11.8. The van der Waals surface area contributed by atoms with Gasteiger partial charge in [0.25, 0.3) is 5.88 Å². The highest BCUT2D eigenvalue weighted by Crippen LogP contribution is 2.33. The molecule has 36 heavy (non-hydrogen) atoms. The molecule has 190 valence electrons. The Morgan fingerprint density at radius 1 is 1.14 bits per heavy atom. The summed E-state index contributed by atoms with van der Waals surface area (Å²) < 4.78 is 35.4. The highest BCUT2D eigenvalue weighted by atomic mass is 19.1. The Kier molecular flexibility index (Phi) is 7.51. The molecule has 3 aromatic rings. The van der Waals surface area contributed by atoms with Crippen LogP contribution in [0.15, 0.2) is 48.5 Å². The number of nitrogens with two attached hydrogens (primary N) is 1. The molecule has 2 heterocycles. The number of benzene rings is 2. The monoisotopic (exact) mass is 496 g/mol. The molecule has 2 aromatic carbocycles. The van der Waals surface area contributed by atoms with Crippen LogP contribution in [0.25, 0.3) is 11.1 Å². The van der Waals surface area contributed by atoms with Crippen LogP contribution < -0.4 is 15.4 Å². The van der Waals surface area contributed by atoms with Gasteiger partial charge in [0.15, 0.2) is 17.5 Å². The van der Waals surface area contributed by atoms with E-state index in [0.29, 0.717) is 24.9 Å². The lowest BCUT2D eigenvalue weighted by Crippen LogP contribution is -2.58. The van der Waals surface area contributed by atoms with E-state index in [1.807, 2.05) is 56.0 Å². The van der Waals surface area contributed by atoms with E-state index in [1.165, 1.54) is 4.90 Å². The van der Waals surface area contributed by atoms with E-state index in [-0.39, 0.29) is 24.9 Å². The minimum Gasteiger partial charge on any atom is -0.480 e. The lowest BCUT2D eigenvalue weighted by Gasteiger charge is -2.41. The van der Waals surface area contributed by atoms with Gasteiger partial charge in [-0.15, -0.1) is 0 Å². The van der Waals surface area contributed by atoms with Gasteiger partial charge in [0.05, 0.1) is 0 Å². The highest BCUT2D eigenvalue weighted by Gasteiger charge is 2.36. The molecule has 9 heteroatoms. The maximum atomic E-state index is 14.9. The largest absolute Gasteiger partial charge is 0.480 e. The SMILES string of the molecule is Cc1cc(Oc2nc(N3CCN(C(C)C)CC3C(=O)O)c(F)cc2F)cc(-c2cccc(CN)c2)c1. The molecule has 0 aliphatic carbocycles. The fourth-order valence-corrected chi connectivity index (χ4v) is 4.41. The van der Waals surface area contributed by atoms with Gasteiger partial charge in [0.2, 0.25) is 0 Å². The average molecular weight is 497 g/mol. The molecule has 1 aliphatic rings. The van der Waals surface area contributed by atoms with Gasteiger partial charge < -0.3 is 20.5 Å². The van der Waals surface area contributed by atoms with Crippen molar-refractivity contribution in [3.05, 3.63) is 71.3 Å². The number of hydrogen-bond acceptors (Lipinski definition) is 6.